The summed E-state index contributed by atoms with van der Waals surface area (Å²) >= 11 is 0. The van der Waals surface area contributed by atoms with Gasteiger partial charge in [0.1, 0.15) is 17.6 Å². The van der Waals surface area contributed by atoms with Crippen molar-refractivity contribution in [1.29, 1.82) is 0 Å². The van der Waals surface area contributed by atoms with E-state index in [1.54, 1.807) is 26.0 Å². The van der Waals surface area contributed by atoms with Crippen molar-refractivity contribution in [1.82, 2.24) is 10.6 Å². The van der Waals surface area contributed by atoms with E-state index in [-0.39, 0.29) is 23.8 Å². The minimum Gasteiger partial charge on any atom is -0.435 e. The monoisotopic (exact) mass is 394 g/mol. The highest BCUT2D eigenvalue weighted by atomic mass is 19.3. The lowest BCUT2D eigenvalue weighted by Gasteiger charge is -2.22. The molecular weight excluding hydrogens is 373 g/mol. The predicted octanol–water partition coefficient (Wildman–Crippen LogP) is 3.50. The lowest BCUT2D eigenvalue weighted by Crippen LogP contribution is -2.49. The van der Waals surface area contributed by atoms with E-state index < -0.39 is 30.3 Å². The molecule has 2 N–H and O–H groups in total. The summed E-state index contributed by atoms with van der Waals surface area (Å²) in [6, 6.07) is 10.1. The van der Waals surface area contributed by atoms with E-state index in [4.69, 9.17) is 0 Å². The maximum absolute atomic E-state index is 13.0. The average molecular weight is 394 g/mol. The number of hydrogen-bond donors (Lipinski definition) is 2. The van der Waals surface area contributed by atoms with Crippen LogP contribution in [0.3, 0.4) is 0 Å². The number of carbonyl (C=O) groups excluding carboxylic acids is 2. The molecule has 0 saturated carbocycles. The summed E-state index contributed by atoms with van der Waals surface area (Å²) in [5.74, 6) is -1.50. The van der Waals surface area contributed by atoms with Crippen molar-refractivity contribution in [3.8, 4) is 5.75 Å². The highest BCUT2D eigenvalue weighted by Crippen LogP contribution is 2.15. The van der Waals surface area contributed by atoms with Crippen LogP contribution in [0.4, 0.5) is 13.2 Å². The Hall–Kier alpha value is -3.03. The van der Waals surface area contributed by atoms with Gasteiger partial charge in [-0.25, -0.2) is 4.39 Å². The van der Waals surface area contributed by atoms with E-state index in [1.165, 1.54) is 36.4 Å². The van der Waals surface area contributed by atoms with Crippen molar-refractivity contribution >= 4 is 11.8 Å². The smallest absolute Gasteiger partial charge is 0.387 e. The fraction of sp³-hybridized carbons (Fsp3) is 0.300. The fourth-order valence-electron chi connectivity index (χ4n) is 2.45. The third kappa shape index (κ3) is 6.29. The Labute approximate surface area is 160 Å². The molecule has 0 fully saturated rings. The van der Waals surface area contributed by atoms with Gasteiger partial charge in [-0.3, -0.25) is 9.59 Å². The number of benzene rings is 2. The average Bonchev–Trinajstić information content (AvgIpc) is 2.65. The molecule has 0 saturated heterocycles. The van der Waals surface area contributed by atoms with Crippen molar-refractivity contribution in [2.24, 2.45) is 5.92 Å². The van der Waals surface area contributed by atoms with Gasteiger partial charge in [0.15, 0.2) is 0 Å². The zero-order valence-electron chi connectivity index (χ0n) is 15.4. The summed E-state index contributed by atoms with van der Waals surface area (Å²) in [6.45, 7) is 0.822. The van der Waals surface area contributed by atoms with Crippen molar-refractivity contribution in [3.63, 3.8) is 0 Å². The summed E-state index contributed by atoms with van der Waals surface area (Å²) in [5.41, 5.74) is 0.928. The molecule has 2 aromatic carbocycles. The number of ether oxygens (including phenoxy) is 1. The zero-order valence-corrected chi connectivity index (χ0v) is 15.4. The normalized spacial score (nSPS) is 12.0. The number of halogens is 3. The van der Waals surface area contributed by atoms with Crippen LogP contribution in [0, 0.1) is 11.7 Å². The first kappa shape index (κ1) is 21.3. The van der Waals surface area contributed by atoms with E-state index >= 15 is 0 Å². The Morgan fingerprint density at radius 3 is 2.14 bits per heavy atom. The van der Waals surface area contributed by atoms with Crippen molar-refractivity contribution < 1.29 is 27.5 Å². The third-order valence-corrected chi connectivity index (χ3v) is 3.96. The first-order chi connectivity index (χ1) is 13.3. The number of alkyl halides is 2. The van der Waals surface area contributed by atoms with Crippen LogP contribution in [0.2, 0.25) is 0 Å². The quantitative estimate of drug-likeness (QED) is 0.720. The van der Waals surface area contributed by atoms with Crippen LogP contribution in [0.25, 0.3) is 0 Å². The minimum atomic E-state index is -2.90. The lowest BCUT2D eigenvalue weighted by atomic mass is 10.0. The molecule has 0 aromatic heterocycles. The highest BCUT2D eigenvalue weighted by Gasteiger charge is 2.24. The van der Waals surface area contributed by atoms with Gasteiger partial charge in [-0.2, -0.15) is 8.78 Å². The molecule has 5 nitrogen and oxygen atoms in total. The summed E-state index contributed by atoms with van der Waals surface area (Å²) in [7, 11) is 0. The van der Waals surface area contributed by atoms with E-state index in [2.05, 4.69) is 15.4 Å². The van der Waals surface area contributed by atoms with Gasteiger partial charge in [0.2, 0.25) is 5.91 Å². The second-order valence-electron chi connectivity index (χ2n) is 6.44. The van der Waals surface area contributed by atoms with Crippen LogP contribution >= 0.6 is 0 Å². The number of rotatable bonds is 8. The van der Waals surface area contributed by atoms with Gasteiger partial charge in [-0.15, -0.1) is 0 Å². The van der Waals surface area contributed by atoms with Gasteiger partial charge >= 0.3 is 6.61 Å². The Balaban J connectivity index is 1.95. The molecule has 0 bridgehead atoms. The second kappa shape index (κ2) is 9.77. The van der Waals surface area contributed by atoms with Crippen molar-refractivity contribution in [2.45, 2.75) is 33.0 Å². The van der Waals surface area contributed by atoms with Crippen LogP contribution in [-0.2, 0) is 11.3 Å². The van der Waals surface area contributed by atoms with Crippen LogP contribution < -0.4 is 15.4 Å². The molecule has 2 amide bonds. The third-order valence-electron chi connectivity index (χ3n) is 3.96. The predicted molar refractivity (Wildman–Crippen MR) is 97.4 cm³/mol. The molecule has 0 radical (unpaired) electrons. The number of amides is 2. The molecule has 150 valence electrons. The molecular formula is C20H21F3N2O3. The molecule has 2 rings (SSSR count). The Bertz CT molecular complexity index is 793. The summed E-state index contributed by atoms with van der Waals surface area (Å²) in [4.78, 5) is 24.8. The molecule has 8 heteroatoms. The van der Waals surface area contributed by atoms with E-state index in [0.29, 0.717) is 5.56 Å². The maximum Gasteiger partial charge on any atom is 0.387 e. The summed E-state index contributed by atoms with van der Waals surface area (Å²) in [6.07, 6.45) is 0. The van der Waals surface area contributed by atoms with Gasteiger partial charge in [-0.1, -0.05) is 26.0 Å². The SMILES string of the molecule is CC(C)C(NC(=O)c1ccc(F)cc1)C(=O)NCc1ccc(OC(F)F)cc1. The Morgan fingerprint density at radius 2 is 1.61 bits per heavy atom. The molecule has 1 atom stereocenters. The summed E-state index contributed by atoms with van der Waals surface area (Å²) in [5, 5.41) is 5.35. The maximum atomic E-state index is 13.0. The van der Waals surface area contributed by atoms with Gasteiger partial charge < -0.3 is 15.4 Å². The van der Waals surface area contributed by atoms with Crippen LogP contribution in [-0.4, -0.2) is 24.5 Å². The highest BCUT2D eigenvalue weighted by molar-refractivity contribution is 5.97. The molecule has 0 aliphatic heterocycles. The summed E-state index contributed by atoms with van der Waals surface area (Å²) < 4.78 is 41.6. The van der Waals surface area contributed by atoms with Crippen molar-refractivity contribution in [3.05, 3.63) is 65.5 Å². The van der Waals surface area contributed by atoms with Crippen LogP contribution in [0.5, 0.6) is 5.75 Å². The Kier molecular flexibility index (Phi) is 7.43. The van der Waals surface area contributed by atoms with E-state index in [1.807, 2.05) is 0 Å². The minimum absolute atomic E-state index is 0.0247. The Morgan fingerprint density at radius 1 is 1.00 bits per heavy atom. The fourth-order valence-corrected chi connectivity index (χ4v) is 2.45. The largest absolute Gasteiger partial charge is 0.435 e. The van der Waals surface area contributed by atoms with E-state index in [9.17, 15) is 22.8 Å². The zero-order chi connectivity index (χ0) is 20.7. The first-order valence-electron chi connectivity index (χ1n) is 8.64. The van der Waals surface area contributed by atoms with Crippen LogP contribution in [0.15, 0.2) is 48.5 Å². The molecule has 2 aromatic rings. The molecule has 0 aliphatic rings. The molecule has 0 spiro atoms. The van der Waals surface area contributed by atoms with Crippen molar-refractivity contribution in [2.75, 3.05) is 0 Å². The number of carbonyl (C=O) groups is 2. The topological polar surface area (TPSA) is 67.4 Å². The molecule has 0 aliphatic carbocycles. The first-order valence-corrected chi connectivity index (χ1v) is 8.64. The van der Waals surface area contributed by atoms with Gasteiger partial charge in [0.25, 0.3) is 5.91 Å². The van der Waals surface area contributed by atoms with E-state index in [0.717, 1.165) is 0 Å². The molecule has 1 unspecified atom stereocenters. The van der Waals surface area contributed by atoms with Gasteiger partial charge in [-0.05, 0) is 47.9 Å². The van der Waals surface area contributed by atoms with Gasteiger partial charge in [0.05, 0.1) is 0 Å². The van der Waals surface area contributed by atoms with Gasteiger partial charge in [0, 0.05) is 12.1 Å². The second-order valence-corrected chi connectivity index (χ2v) is 6.44. The lowest BCUT2D eigenvalue weighted by molar-refractivity contribution is -0.124. The standard InChI is InChI=1S/C20H21F3N2O3/c1-12(2)17(25-18(26)14-5-7-15(21)8-6-14)19(27)24-11-13-3-9-16(10-4-13)28-20(22)23/h3-10,12,17,20H,11H2,1-2H3,(H,24,27)(H,25,26). The molecule has 28 heavy (non-hydrogen) atoms. The molecule has 0 heterocycles. The number of nitrogens with one attached hydrogen (secondary N) is 2. The number of hydrogen-bond acceptors (Lipinski definition) is 3. The van der Waals surface area contributed by atoms with Crippen LogP contribution in [0.1, 0.15) is 29.8 Å².